The topological polar surface area (TPSA) is 58.9 Å². The highest BCUT2D eigenvalue weighted by Crippen LogP contribution is 2.38. The number of aryl methyl sites for hydroxylation is 1. The summed E-state index contributed by atoms with van der Waals surface area (Å²) in [7, 11) is 0. The fourth-order valence-corrected chi connectivity index (χ4v) is 2.74. The van der Waals surface area contributed by atoms with E-state index in [1.54, 1.807) is 12.1 Å². The quantitative estimate of drug-likeness (QED) is 0.604. The first-order chi connectivity index (χ1) is 12.4. The van der Waals surface area contributed by atoms with Crippen molar-refractivity contribution in [3.63, 3.8) is 0 Å². The van der Waals surface area contributed by atoms with Crippen LogP contribution >= 0.6 is 0 Å². The second-order valence-electron chi connectivity index (χ2n) is 8.96. The van der Waals surface area contributed by atoms with Gasteiger partial charge in [0.15, 0.2) is 5.78 Å². The van der Waals surface area contributed by atoms with Gasteiger partial charge in [0.1, 0.15) is 0 Å². The van der Waals surface area contributed by atoms with E-state index in [0.717, 1.165) is 22.3 Å². The number of hydrogen-bond donors (Lipinski definition) is 0. The largest absolute Gasteiger partial charge is 0.295 e. The molecule has 0 fully saturated rings. The highest BCUT2D eigenvalue weighted by Gasteiger charge is 2.33. The van der Waals surface area contributed by atoms with Gasteiger partial charge in [-0.05, 0) is 47.6 Å². The van der Waals surface area contributed by atoms with E-state index < -0.39 is 5.91 Å². The van der Waals surface area contributed by atoms with Crippen LogP contribution in [0.3, 0.4) is 0 Å². The molecule has 0 N–H and O–H groups in total. The Morgan fingerprint density at radius 3 is 1.81 bits per heavy atom. The first kappa shape index (κ1) is 20.7. The predicted molar refractivity (Wildman–Crippen MR) is 109 cm³/mol. The number of nitrogens with zero attached hydrogens (tertiary/aromatic N) is 2. The van der Waals surface area contributed by atoms with Gasteiger partial charge in [0, 0.05) is 16.7 Å². The monoisotopic (exact) mass is 364 g/mol. The van der Waals surface area contributed by atoms with Gasteiger partial charge in [-0.25, -0.2) is 0 Å². The van der Waals surface area contributed by atoms with Gasteiger partial charge in [-0.3, -0.25) is 9.59 Å². The number of hydrogen-bond acceptors (Lipinski definition) is 3. The van der Waals surface area contributed by atoms with E-state index >= 15 is 0 Å². The molecule has 0 saturated carbocycles. The summed E-state index contributed by atoms with van der Waals surface area (Å²) in [6, 6.07) is 7.20. The summed E-state index contributed by atoms with van der Waals surface area (Å²) in [6.07, 6.45) is 5.22. The van der Waals surface area contributed by atoms with Gasteiger partial charge in [-0.15, -0.1) is 5.11 Å². The molecule has 0 aromatic heterocycles. The van der Waals surface area contributed by atoms with Crippen molar-refractivity contribution >= 4 is 11.7 Å². The van der Waals surface area contributed by atoms with E-state index in [9.17, 15) is 9.59 Å². The Bertz CT molecular complexity index is 832. The molecular formula is C23H28N2O2. The SMILES string of the molecule is Cc1ccc(C(=O)N=NC=C2C=C(C(C)(C)C)C(=O)C(C(C)(C)C)=C2)cc1. The zero-order valence-electron chi connectivity index (χ0n) is 17.3. The minimum atomic E-state index is -0.390. The number of allylic oxidation sites excluding steroid dienone is 5. The standard InChI is InChI=1S/C23H28N2O2/c1-15-8-10-17(11-9-15)21(27)25-24-14-16-12-18(22(2,3)4)20(26)19(13-16)23(5,6)7/h8-14H,1-7H3. The van der Waals surface area contributed by atoms with Crippen molar-refractivity contribution in [2.75, 3.05) is 0 Å². The maximum absolute atomic E-state index is 12.9. The summed E-state index contributed by atoms with van der Waals surface area (Å²) in [5.74, 6) is -0.321. The van der Waals surface area contributed by atoms with Gasteiger partial charge in [0.05, 0.1) is 6.20 Å². The highest BCUT2D eigenvalue weighted by molar-refractivity contribution is 6.11. The van der Waals surface area contributed by atoms with Crippen molar-refractivity contribution in [3.8, 4) is 0 Å². The highest BCUT2D eigenvalue weighted by atomic mass is 16.1. The fourth-order valence-electron chi connectivity index (χ4n) is 2.74. The lowest BCUT2D eigenvalue weighted by Gasteiger charge is -2.31. The van der Waals surface area contributed by atoms with Crippen LogP contribution in [0.15, 0.2) is 69.6 Å². The second kappa shape index (κ2) is 7.55. The lowest BCUT2D eigenvalue weighted by atomic mass is 9.72. The molecule has 142 valence electrons. The molecule has 0 heterocycles. The van der Waals surface area contributed by atoms with Crippen LogP contribution < -0.4 is 0 Å². The predicted octanol–water partition coefficient (Wildman–Crippen LogP) is 6.00. The number of azo groups is 1. The molecule has 0 atom stereocenters. The van der Waals surface area contributed by atoms with Crippen LogP contribution in [-0.4, -0.2) is 11.7 Å². The van der Waals surface area contributed by atoms with Crippen LogP contribution in [0.5, 0.6) is 0 Å². The molecule has 0 saturated heterocycles. The molecular weight excluding hydrogens is 336 g/mol. The number of carbonyl (C=O) groups is 2. The van der Waals surface area contributed by atoms with Crippen LogP contribution in [-0.2, 0) is 4.79 Å². The van der Waals surface area contributed by atoms with E-state index in [0.29, 0.717) is 5.56 Å². The average molecular weight is 364 g/mol. The van der Waals surface area contributed by atoms with Crippen molar-refractivity contribution in [1.29, 1.82) is 0 Å². The Kier molecular flexibility index (Phi) is 5.79. The third kappa shape index (κ3) is 5.19. The number of carbonyl (C=O) groups excluding carboxylic acids is 2. The first-order valence-electron chi connectivity index (χ1n) is 9.10. The molecule has 4 nitrogen and oxygen atoms in total. The van der Waals surface area contributed by atoms with Gasteiger partial charge in [-0.1, -0.05) is 59.2 Å². The summed E-state index contributed by atoms with van der Waals surface area (Å²) in [5.41, 5.74) is 3.26. The van der Waals surface area contributed by atoms with E-state index in [1.165, 1.54) is 6.20 Å². The Balaban J connectivity index is 2.34. The molecule has 0 bridgehead atoms. The van der Waals surface area contributed by atoms with Crippen molar-refractivity contribution in [2.45, 2.75) is 48.5 Å². The molecule has 2 rings (SSSR count). The van der Waals surface area contributed by atoms with Gasteiger partial charge >= 0.3 is 0 Å². The lowest BCUT2D eigenvalue weighted by Crippen LogP contribution is -2.27. The Hall–Kier alpha value is -2.62. The van der Waals surface area contributed by atoms with Gasteiger partial charge in [-0.2, -0.15) is 5.11 Å². The minimum Gasteiger partial charge on any atom is -0.289 e. The van der Waals surface area contributed by atoms with Crippen LogP contribution in [0.2, 0.25) is 0 Å². The van der Waals surface area contributed by atoms with Gasteiger partial charge in [0.25, 0.3) is 5.91 Å². The normalized spacial score (nSPS) is 15.7. The molecule has 0 spiro atoms. The Morgan fingerprint density at radius 1 is 0.889 bits per heavy atom. The number of benzene rings is 1. The first-order valence-corrected chi connectivity index (χ1v) is 9.10. The Morgan fingerprint density at radius 2 is 1.37 bits per heavy atom. The van der Waals surface area contributed by atoms with E-state index in [4.69, 9.17) is 0 Å². The maximum Gasteiger partial charge on any atom is 0.295 e. The zero-order chi connectivity index (χ0) is 20.4. The van der Waals surface area contributed by atoms with Crippen molar-refractivity contribution in [3.05, 3.63) is 70.5 Å². The van der Waals surface area contributed by atoms with Crippen molar-refractivity contribution in [1.82, 2.24) is 0 Å². The molecule has 27 heavy (non-hydrogen) atoms. The van der Waals surface area contributed by atoms with Gasteiger partial charge < -0.3 is 0 Å². The maximum atomic E-state index is 12.9. The summed E-state index contributed by atoms with van der Waals surface area (Å²) in [6.45, 7) is 14.1. The number of rotatable bonds is 2. The van der Waals surface area contributed by atoms with Crippen LogP contribution in [0.1, 0.15) is 57.5 Å². The molecule has 0 aliphatic heterocycles. The summed E-state index contributed by atoms with van der Waals surface area (Å²) in [4.78, 5) is 25.0. The molecule has 0 unspecified atom stereocenters. The second-order valence-corrected chi connectivity index (χ2v) is 8.96. The molecule has 4 heteroatoms. The van der Waals surface area contributed by atoms with E-state index in [1.807, 2.05) is 72.8 Å². The minimum absolute atomic E-state index is 0.0693. The molecule has 0 radical (unpaired) electrons. The molecule has 1 aromatic rings. The van der Waals surface area contributed by atoms with Crippen LogP contribution in [0.4, 0.5) is 0 Å². The Labute approximate surface area is 161 Å². The molecule has 1 amide bonds. The van der Waals surface area contributed by atoms with E-state index in [2.05, 4.69) is 10.2 Å². The smallest absolute Gasteiger partial charge is 0.289 e. The van der Waals surface area contributed by atoms with Crippen LogP contribution in [0, 0.1) is 17.8 Å². The summed E-state index contributed by atoms with van der Waals surface area (Å²) < 4.78 is 0. The average Bonchev–Trinajstić information content (AvgIpc) is 2.54. The molecule has 1 aliphatic rings. The van der Waals surface area contributed by atoms with Crippen LogP contribution in [0.25, 0.3) is 0 Å². The number of amides is 1. The number of ketones is 1. The third-order valence-corrected chi connectivity index (χ3v) is 4.38. The molecule has 1 aliphatic carbocycles. The van der Waals surface area contributed by atoms with Crippen molar-refractivity contribution in [2.24, 2.45) is 21.1 Å². The summed E-state index contributed by atoms with van der Waals surface area (Å²) in [5, 5.41) is 7.74. The summed E-state index contributed by atoms with van der Waals surface area (Å²) >= 11 is 0. The van der Waals surface area contributed by atoms with Gasteiger partial charge in [0.2, 0.25) is 0 Å². The van der Waals surface area contributed by atoms with E-state index in [-0.39, 0.29) is 16.6 Å². The molecule has 1 aromatic carbocycles. The zero-order valence-corrected chi connectivity index (χ0v) is 17.3. The third-order valence-electron chi connectivity index (χ3n) is 4.38. The number of Topliss-reactive ketones (excluding diaryl/α,β-unsaturated/α-hetero) is 1. The fraction of sp³-hybridized carbons (Fsp3) is 0.391. The van der Waals surface area contributed by atoms with Crippen molar-refractivity contribution < 1.29 is 9.59 Å². The lowest BCUT2D eigenvalue weighted by molar-refractivity contribution is -0.114.